The van der Waals surface area contributed by atoms with Gasteiger partial charge in [-0.1, -0.05) is 11.2 Å². The van der Waals surface area contributed by atoms with Crippen LogP contribution < -0.4 is 0 Å². The maximum atomic E-state index is 12.3. The molecular weight excluding hydrogens is 259 g/mol. The molecule has 0 radical (unpaired) electrons. The number of hydrogen-bond donors (Lipinski definition) is 0. The molecule has 1 rings (SSSR count). The summed E-state index contributed by atoms with van der Waals surface area (Å²) in [4.78, 5) is 0. The third kappa shape index (κ3) is 3.11. The Morgan fingerprint density at radius 2 is 1.94 bits per heavy atom. The average Bonchev–Trinajstić information content (AvgIpc) is 2.15. The smallest absolute Gasteiger partial charge is 0.185 e. The number of alkyl halides is 3. The largest absolute Gasteiger partial charge is 0.528 e. The van der Waals surface area contributed by atoms with Crippen LogP contribution in [0.5, 0.6) is 0 Å². The standard InChI is InChI=1S/C9H17F3NO3S/c1-3-8-6-4-5-7-13(8,2)16-17(14,15)9(10,11)12/h8H,3-7H2,1-2H3/q+1. The number of nitrogens with zero attached hydrogens (tertiary/aromatic N) is 1. The lowest BCUT2D eigenvalue weighted by atomic mass is 10.0. The zero-order chi connectivity index (χ0) is 13.3. The minimum absolute atomic E-state index is 0.208. The van der Waals surface area contributed by atoms with E-state index in [1.807, 2.05) is 6.92 Å². The van der Waals surface area contributed by atoms with Gasteiger partial charge in [-0.2, -0.15) is 26.2 Å². The highest BCUT2D eigenvalue weighted by Gasteiger charge is 2.54. The highest BCUT2D eigenvalue weighted by molar-refractivity contribution is 7.87. The van der Waals surface area contributed by atoms with Gasteiger partial charge in [0, 0.05) is 6.42 Å². The number of rotatable bonds is 3. The molecule has 0 aromatic heterocycles. The van der Waals surface area contributed by atoms with Crippen molar-refractivity contribution in [1.82, 2.24) is 0 Å². The van der Waals surface area contributed by atoms with Crippen LogP contribution >= 0.6 is 0 Å². The van der Waals surface area contributed by atoms with E-state index >= 15 is 0 Å². The second kappa shape index (κ2) is 4.74. The molecule has 8 heteroatoms. The molecule has 0 saturated carbocycles. The summed E-state index contributed by atoms with van der Waals surface area (Å²) in [6, 6.07) is -0.208. The molecule has 2 atom stereocenters. The van der Waals surface area contributed by atoms with Gasteiger partial charge in [0.15, 0.2) is 0 Å². The number of quaternary nitrogens is 1. The van der Waals surface area contributed by atoms with E-state index in [9.17, 15) is 21.6 Å². The van der Waals surface area contributed by atoms with Crippen molar-refractivity contribution in [3.8, 4) is 0 Å². The Balaban J connectivity index is 2.91. The van der Waals surface area contributed by atoms with Crippen LogP contribution in [-0.4, -0.2) is 38.2 Å². The van der Waals surface area contributed by atoms with E-state index < -0.39 is 20.3 Å². The van der Waals surface area contributed by atoms with Gasteiger partial charge in [0.2, 0.25) is 0 Å². The summed E-state index contributed by atoms with van der Waals surface area (Å²) in [7, 11) is -4.13. The molecule has 17 heavy (non-hydrogen) atoms. The van der Waals surface area contributed by atoms with E-state index in [0.29, 0.717) is 19.3 Å². The number of halogens is 3. The first-order valence-electron chi connectivity index (χ1n) is 5.50. The molecule has 0 aromatic carbocycles. The highest BCUT2D eigenvalue weighted by Crippen LogP contribution is 2.33. The lowest BCUT2D eigenvalue weighted by Gasteiger charge is -2.40. The Kier molecular flexibility index (Phi) is 4.10. The van der Waals surface area contributed by atoms with E-state index in [0.717, 1.165) is 6.42 Å². The van der Waals surface area contributed by atoms with Crippen LogP contribution in [-0.2, 0) is 14.4 Å². The van der Waals surface area contributed by atoms with Gasteiger partial charge in [-0.25, -0.2) is 0 Å². The fraction of sp³-hybridized carbons (Fsp3) is 1.00. The van der Waals surface area contributed by atoms with Gasteiger partial charge in [0.1, 0.15) is 19.6 Å². The molecule has 2 unspecified atom stereocenters. The summed E-state index contributed by atoms with van der Waals surface area (Å²) in [5.74, 6) is 0. The Morgan fingerprint density at radius 3 is 2.41 bits per heavy atom. The van der Waals surface area contributed by atoms with E-state index in [-0.39, 0.29) is 12.6 Å². The summed E-state index contributed by atoms with van der Waals surface area (Å²) < 4.78 is 62.8. The summed E-state index contributed by atoms with van der Waals surface area (Å²) in [5, 5.41) is 0. The van der Waals surface area contributed by atoms with Gasteiger partial charge in [0.05, 0.1) is 0 Å². The monoisotopic (exact) mass is 276 g/mol. The minimum Gasteiger partial charge on any atom is -0.185 e. The summed E-state index contributed by atoms with van der Waals surface area (Å²) in [6.45, 7) is 2.10. The topological polar surface area (TPSA) is 43.4 Å². The molecular formula is C9H17F3NO3S+. The van der Waals surface area contributed by atoms with Crippen LogP contribution in [0.15, 0.2) is 0 Å². The third-order valence-electron chi connectivity index (χ3n) is 3.18. The van der Waals surface area contributed by atoms with Crippen molar-refractivity contribution in [2.24, 2.45) is 0 Å². The summed E-state index contributed by atoms with van der Waals surface area (Å²) in [5.41, 5.74) is -5.36. The van der Waals surface area contributed by atoms with Crippen molar-refractivity contribution < 1.29 is 30.5 Å². The summed E-state index contributed by atoms with van der Waals surface area (Å²) >= 11 is 0. The number of piperidine rings is 1. The number of hydroxylamine groups is 3. The molecule has 1 aliphatic rings. The predicted octanol–water partition coefficient (Wildman–Crippen LogP) is 2.18. The second-order valence-electron chi connectivity index (χ2n) is 4.43. The molecule has 1 saturated heterocycles. The Hall–Kier alpha value is -0.340. The molecule has 102 valence electrons. The van der Waals surface area contributed by atoms with Gasteiger partial charge in [-0.3, -0.25) is 0 Å². The molecule has 0 bridgehead atoms. The normalized spacial score (nSPS) is 31.5. The fourth-order valence-corrected chi connectivity index (χ4v) is 2.95. The molecule has 1 aliphatic heterocycles. The molecule has 4 nitrogen and oxygen atoms in total. The van der Waals surface area contributed by atoms with E-state index in [2.05, 4.69) is 4.28 Å². The molecule has 1 fully saturated rings. The fourth-order valence-electron chi connectivity index (χ4n) is 2.22. The average molecular weight is 276 g/mol. The molecule has 0 aliphatic carbocycles. The SMILES string of the molecule is CCC1CCCC[N+]1(C)OS(=O)(=O)C(F)(F)F. The minimum atomic E-state index is -5.53. The Labute approximate surface area is 99.0 Å². The van der Waals surface area contributed by atoms with E-state index in [4.69, 9.17) is 0 Å². The van der Waals surface area contributed by atoms with Gasteiger partial charge >= 0.3 is 15.6 Å². The summed E-state index contributed by atoms with van der Waals surface area (Å²) in [6.07, 6.45) is 2.83. The second-order valence-corrected chi connectivity index (χ2v) is 5.95. The van der Waals surface area contributed by atoms with E-state index in [1.165, 1.54) is 7.05 Å². The molecule has 1 heterocycles. The van der Waals surface area contributed by atoms with Crippen LogP contribution in [0.3, 0.4) is 0 Å². The van der Waals surface area contributed by atoms with Gasteiger partial charge < -0.3 is 0 Å². The van der Waals surface area contributed by atoms with Gasteiger partial charge in [-0.15, -0.1) is 0 Å². The molecule has 0 N–H and O–H groups in total. The van der Waals surface area contributed by atoms with Crippen LogP contribution in [0.1, 0.15) is 32.6 Å². The van der Waals surface area contributed by atoms with E-state index in [1.54, 1.807) is 0 Å². The Bertz CT molecular complexity index is 368. The number of likely N-dealkylation sites (tertiary alicyclic amines) is 1. The first-order valence-corrected chi connectivity index (χ1v) is 6.91. The van der Waals surface area contributed by atoms with Crippen molar-refractivity contribution in [3.05, 3.63) is 0 Å². The van der Waals surface area contributed by atoms with Gasteiger partial charge in [-0.05, 0) is 19.3 Å². The predicted molar refractivity (Wildman–Crippen MR) is 55.0 cm³/mol. The highest BCUT2D eigenvalue weighted by atomic mass is 32.2. The maximum absolute atomic E-state index is 12.3. The zero-order valence-corrected chi connectivity index (χ0v) is 10.6. The van der Waals surface area contributed by atoms with Crippen molar-refractivity contribution in [2.75, 3.05) is 13.6 Å². The van der Waals surface area contributed by atoms with Crippen molar-refractivity contribution in [1.29, 1.82) is 0 Å². The van der Waals surface area contributed by atoms with Crippen molar-refractivity contribution in [3.63, 3.8) is 0 Å². The van der Waals surface area contributed by atoms with Gasteiger partial charge in [0.25, 0.3) is 0 Å². The van der Waals surface area contributed by atoms with Crippen LogP contribution in [0, 0.1) is 0 Å². The first-order chi connectivity index (χ1) is 7.62. The third-order valence-corrected chi connectivity index (χ3v) is 4.29. The Morgan fingerprint density at radius 1 is 1.35 bits per heavy atom. The lowest BCUT2D eigenvalue weighted by molar-refractivity contribution is -1.09. The van der Waals surface area contributed by atoms with Crippen LogP contribution in [0.25, 0.3) is 0 Å². The first kappa shape index (κ1) is 14.7. The van der Waals surface area contributed by atoms with Crippen molar-refractivity contribution in [2.45, 2.75) is 44.2 Å². The lowest BCUT2D eigenvalue weighted by Crippen LogP contribution is -2.56. The zero-order valence-electron chi connectivity index (χ0n) is 9.83. The van der Waals surface area contributed by atoms with Crippen LogP contribution in [0.4, 0.5) is 13.2 Å². The maximum Gasteiger partial charge on any atom is 0.528 e. The molecule has 0 amide bonds. The van der Waals surface area contributed by atoms with Crippen LogP contribution in [0.2, 0.25) is 0 Å². The van der Waals surface area contributed by atoms with Crippen molar-refractivity contribution >= 4 is 10.1 Å². The number of hydrogen-bond acceptors (Lipinski definition) is 3. The molecule has 0 aromatic rings. The molecule has 0 spiro atoms. The quantitative estimate of drug-likeness (QED) is 0.586.